The number of hydrogen-bond donors (Lipinski definition) is 0. The zero-order valence-electron chi connectivity index (χ0n) is 10.2. The van der Waals surface area contributed by atoms with Gasteiger partial charge in [-0.05, 0) is 18.4 Å². The maximum absolute atomic E-state index is 11.7. The summed E-state index contributed by atoms with van der Waals surface area (Å²) in [6.07, 6.45) is 2.37. The molecule has 2 rings (SSSR count). The van der Waals surface area contributed by atoms with Crippen molar-refractivity contribution in [2.45, 2.75) is 24.6 Å². The summed E-state index contributed by atoms with van der Waals surface area (Å²) in [6, 6.07) is 12.4. The third kappa shape index (κ3) is 3.27. The number of benzene rings is 1. The fourth-order valence-electron chi connectivity index (χ4n) is 2.11. The van der Waals surface area contributed by atoms with Crippen molar-refractivity contribution in [3.05, 3.63) is 35.9 Å². The third-order valence-electron chi connectivity index (χ3n) is 3.05. The highest BCUT2D eigenvalue weighted by atomic mass is 32.2. The highest BCUT2D eigenvalue weighted by molar-refractivity contribution is 8.00. The molecule has 94 valence electrons. The van der Waals surface area contributed by atoms with E-state index in [-0.39, 0.29) is 11.3 Å². The lowest BCUT2D eigenvalue weighted by Gasteiger charge is -2.22. The summed E-state index contributed by atoms with van der Waals surface area (Å²) < 4.78 is 0. The molecule has 4 heteroatoms. The molecule has 1 aromatic rings. The molecule has 3 nitrogen and oxygen atoms in total. The molecule has 0 saturated carbocycles. The molecule has 0 aromatic heterocycles. The van der Waals surface area contributed by atoms with Crippen molar-refractivity contribution in [2.24, 2.45) is 0 Å². The molecule has 1 aliphatic rings. The van der Waals surface area contributed by atoms with Crippen molar-refractivity contribution in [3.8, 4) is 6.07 Å². The predicted octanol–water partition coefficient (Wildman–Crippen LogP) is 2.43. The Balaban J connectivity index is 1.88. The van der Waals surface area contributed by atoms with Gasteiger partial charge in [0, 0.05) is 6.54 Å². The van der Waals surface area contributed by atoms with Crippen molar-refractivity contribution in [2.75, 3.05) is 12.3 Å². The predicted molar refractivity (Wildman–Crippen MR) is 73.0 cm³/mol. The fraction of sp³-hybridized carbons (Fsp3) is 0.429. The fourth-order valence-corrected chi connectivity index (χ4v) is 3.30. The number of hydrogen-bond acceptors (Lipinski definition) is 3. The number of nitriles is 1. The minimum Gasteiger partial charge on any atom is -0.329 e. The Morgan fingerprint density at radius 3 is 2.89 bits per heavy atom. The minimum atomic E-state index is 0.174. The smallest absolute Gasteiger partial charge is 0.233 e. The monoisotopic (exact) mass is 260 g/mol. The molecule has 1 aliphatic heterocycles. The molecule has 1 unspecified atom stereocenters. The number of rotatable bonds is 5. The third-order valence-corrected chi connectivity index (χ3v) is 4.34. The molecule has 18 heavy (non-hydrogen) atoms. The van der Waals surface area contributed by atoms with Crippen LogP contribution in [0.5, 0.6) is 0 Å². The lowest BCUT2D eigenvalue weighted by atomic mass is 10.1. The van der Waals surface area contributed by atoms with E-state index in [9.17, 15) is 4.79 Å². The van der Waals surface area contributed by atoms with Crippen LogP contribution in [0.4, 0.5) is 0 Å². The van der Waals surface area contributed by atoms with Crippen LogP contribution in [0.25, 0.3) is 0 Å². The van der Waals surface area contributed by atoms with Crippen LogP contribution in [0.3, 0.4) is 0 Å². The van der Waals surface area contributed by atoms with E-state index in [1.165, 1.54) is 5.56 Å². The average Bonchev–Trinajstić information content (AvgIpc) is 2.76. The second-order valence-corrected chi connectivity index (χ2v) is 5.45. The Labute approximate surface area is 112 Å². The van der Waals surface area contributed by atoms with Gasteiger partial charge in [0.1, 0.15) is 0 Å². The molecule has 0 bridgehead atoms. The van der Waals surface area contributed by atoms with Gasteiger partial charge in [-0.2, -0.15) is 5.26 Å². The van der Waals surface area contributed by atoms with Crippen LogP contribution in [0.1, 0.15) is 18.4 Å². The van der Waals surface area contributed by atoms with E-state index >= 15 is 0 Å². The van der Waals surface area contributed by atoms with Gasteiger partial charge in [0.25, 0.3) is 0 Å². The minimum absolute atomic E-state index is 0.174. The van der Waals surface area contributed by atoms with Gasteiger partial charge >= 0.3 is 0 Å². The number of nitrogens with zero attached hydrogens (tertiary/aromatic N) is 2. The van der Waals surface area contributed by atoms with E-state index in [4.69, 9.17) is 5.26 Å². The summed E-state index contributed by atoms with van der Waals surface area (Å²) in [5, 5.41) is 8.85. The summed E-state index contributed by atoms with van der Waals surface area (Å²) in [5.74, 6) is 0.735. The van der Waals surface area contributed by atoms with Gasteiger partial charge in [0.05, 0.1) is 23.6 Å². The largest absolute Gasteiger partial charge is 0.329 e. The van der Waals surface area contributed by atoms with Crippen molar-refractivity contribution in [3.63, 3.8) is 0 Å². The summed E-state index contributed by atoms with van der Waals surface area (Å²) in [7, 11) is 0. The van der Waals surface area contributed by atoms with Gasteiger partial charge in [-0.1, -0.05) is 30.3 Å². The summed E-state index contributed by atoms with van der Waals surface area (Å²) in [5.41, 5.74) is 1.30. The summed E-state index contributed by atoms with van der Waals surface area (Å²) >= 11 is 1.70. The summed E-state index contributed by atoms with van der Waals surface area (Å²) in [4.78, 5) is 13.6. The van der Waals surface area contributed by atoms with Gasteiger partial charge in [0.15, 0.2) is 0 Å². The molecule has 1 heterocycles. The van der Waals surface area contributed by atoms with Crippen LogP contribution >= 0.6 is 11.8 Å². The normalized spacial score (nSPS) is 18.9. The highest BCUT2D eigenvalue weighted by Crippen LogP contribution is 2.28. The van der Waals surface area contributed by atoms with Gasteiger partial charge in [-0.25, -0.2) is 0 Å². The molecule has 0 aliphatic carbocycles. The van der Waals surface area contributed by atoms with E-state index in [1.807, 2.05) is 23.1 Å². The Morgan fingerprint density at radius 2 is 2.17 bits per heavy atom. The van der Waals surface area contributed by atoms with Crippen LogP contribution in [-0.4, -0.2) is 28.5 Å². The zero-order chi connectivity index (χ0) is 12.8. The van der Waals surface area contributed by atoms with Crippen molar-refractivity contribution >= 4 is 17.7 Å². The molecular weight excluding hydrogens is 244 g/mol. The second-order valence-electron chi connectivity index (χ2n) is 4.29. The zero-order valence-corrected chi connectivity index (χ0v) is 11.0. The first kappa shape index (κ1) is 13.0. The quantitative estimate of drug-likeness (QED) is 0.816. The number of carbonyl (C=O) groups excluding carboxylic acids is 1. The van der Waals surface area contributed by atoms with Crippen molar-refractivity contribution in [1.29, 1.82) is 5.26 Å². The van der Waals surface area contributed by atoms with E-state index < -0.39 is 0 Å². The van der Waals surface area contributed by atoms with Crippen LogP contribution in [0, 0.1) is 11.3 Å². The van der Waals surface area contributed by atoms with Gasteiger partial charge in [-0.3, -0.25) is 4.79 Å². The Hall–Kier alpha value is -1.47. The Bertz CT molecular complexity index is 441. The van der Waals surface area contributed by atoms with Gasteiger partial charge in [-0.15, -0.1) is 11.8 Å². The second kappa shape index (κ2) is 6.46. The molecular formula is C14H16N2OS. The maximum Gasteiger partial charge on any atom is 0.233 e. The Kier molecular flexibility index (Phi) is 4.66. The van der Waals surface area contributed by atoms with Crippen LogP contribution < -0.4 is 0 Å². The first-order chi connectivity index (χ1) is 8.81. The molecule has 1 amide bonds. The molecule has 1 aromatic carbocycles. The molecule has 0 N–H and O–H groups in total. The van der Waals surface area contributed by atoms with Crippen LogP contribution in [0.15, 0.2) is 30.3 Å². The van der Waals surface area contributed by atoms with Crippen LogP contribution in [-0.2, 0) is 11.2 Å². The van der Waals surface area contributed by atoms with Crippen molar-refractivity contribution in [1.82, 2.24) is 4.90 Å². The van der Waals surface area contributed by atoms with Gasteiger partial charge in [0.2, 0.25) is 5.91 Å². The Morgan fingerprint density at radius 1 is 1.39 bits per heavy atom. The molecule has 1 fully saturated rings. The van der Waals surface area contributed by atoms with E-state index in [2.05, 4.69) is 18.2 Å². The van der Waals surface area contributed by atoms with Gasteiger partial charge < -0.3 is 4.90 Å². The van der Waals surface area contributed by atoms with E-state index in [1.54, 1.807) is 11.8 Å². The molecule has 1 saturated heterocycles. The maximum atomic E-state index is 11.7. The van der Waals surface area contributed by atoms with E-state index in [0.717, 1.165) is 12.8 Å². The summed E-state index contributed by atoms with van der Waals surface area (Å²) in [6.45, 7) is 0.571. The lowest BCUT2D eigenvalue weighted by molar-refractivity contribution is -0.127. The number of carbonyl (C=O) groups is 1. The molecule has 1 atom stereocenters. The topological polar surface area (TPSA) is 44.1 Å². The number of amides is 1. The van der Waals surface area contributed by atoms with Crippen LogP contribution in [0.2, 0.25) is 0 Å². The van der Waals surface area contributed by atoms with Crippen molar-refractivity contribution < 1.29 is 4.79 Å². The molecule has 0 radical (unpaired) electrons. The lowest BCUT2D eigenvalue weighted by Crippen LogP contribution is -2.33. The first-order valence-corrected chi connectivity index (χ1v) is 7.18. The average molecular weight is 260 g/mol. The van der Waals surface area contributed by atoms with E-state index in [0.29, 0.717) is 18.7 Å². The first-order valence-electron chi connectivity index (χ1n) is 6.13. The number of thioether (sulfide) groups is 1. The SMILES string of the molecule is N#CCCN1C(=O)CSC1CCc1ccccc1. The highest BCUT2D eigenvalue weighted by Gasteiger charge is 2.30. The molecule has 0 spiro atoms. The standard InChI is InChI=1S/C14H16N2OS/c15-9-4-10-16-13(17)11-18-14(16)8-7-12-5-2-1-3-6-12/h1-3,5-6,14H,4,7-8,10-11H2. The number of aryl methyl sites for hydroxylation is 1.